The number of aromatic nitrogens is 2. The van der Waals surface area contributed by atoms with Crippen LogP contribution in [0.4, 0.5) is 5.69 Å². The van der Waals surface area contributed by atoms with E-state index >= 15 is 0 Å². The standard InChI is InChI=1S/C17H16N4O2/c18-8-13-15(21-5-3-17(1-2-17)4-6-21)12-7-11(10-22)19-9-14(12)20-16(13)23/h7,9-10H,1-6H2,(H,20,23). The summed E-state index contributed by atoms with van der Waals surface area (Å²) in [4.78, 5) is 32.1. The Labute approximate surface area is 132 Å². The number of aromatic amines is 1. The zero-order valence-electron chi connectivity index (χ0n) is 12.6. The van der Waals surface area contributed by atoms with Crippen LogP contribution < -0.4 is 10.5 Å². The van der Waals surface area contributed by atoms with Crippen molar-refractivity contribution in [3.63, 3.8) is 0 Å². The van der Waals surface area contributed by atoms with Crippen molar-refractivity contribution in [3.8, 4) is 6.07 Å². The molecule has 0 unspecified atom stereocenters. The zero-order valence-corrected chi connectivity index (χ0v) is 12.6. The Morgan fingerprint density at radius 1 is 1.30 bits per heavy atom. The van der Waals surface area contributed by atoms with Crippen LogP contribution in [-0.4, -0.2) is 29.3 Å². The fourth-order valence-corrected chi connectivity index (χ4v) is 3.57. The summed E-state index contributed by atoms with van der Waals surface area (Å²) in [5.41, 5.74) is 1.73. The molecular weight excluding hydrogens is 292 g/mol. The van der Waals surface area contributed by atoms with Crippen LogP contribution >= 0.6 is 0 Å². The normalized spacial score (nSPS) is 18.8. The predicted octanol–water partition coefficient (Wildman–Crippen LogP) is 1.99. The highest BCUT2D eigenvalue weighted by Crippen LogP contribution is 2.54. The van der Waals surface area contributed by atoms with E-state index in [2.05, 4.69) is 14.9 Å². The van der Waals surface area contributed by atoms with Crippen molar-refractivity contribution in [2.24, 2.45) is 5.41 Å². The number of nitrogens with one attached hydrogen (secondary N) is 1. The van der Waals surface area contributed by atoms with Gasteiger partial charge in [0.1, 0.15) is 17.3 Å². The highest BCUT2D eigenvalue weighted by Gasteiger charge is 2.44. The Kier molecular flexibility index (Phi) is 2.98. The van der Waals surface area contributed by atoms with Crippen molar-refractivity contribution in [1.29, 1.82) is 5.26 Å². The second-order valence-corrected chi connectivity index (χ2v) is 6.55. The highest BCUT2D eigenvalue weighted by atomic mass is 16.1. The van der Waals surface area contributed by atoms with Crippen molar-refractivity contribution >= 4 is 22.9 Å². The van der Waals surface area contributed by atoms with Gasteiger partial charge in [0, 0.05) is 18.5 Å². The summed E-state index contributed by atoms with van der Waals surface area (Å²) in [6.45, 7) is 1.68. The lowest BCUT2D eigenvalue weighted by atomic mass is 9.92. The maximum Gasteiger partial charge on any atom is 0.268 e. The Morgan fingerprint density at radius 2 is 2.04 bits per heavy atom. The molecule has 0 radical (unpaired) electrons. The molecule has 0 atom stereocenters. The topological polar surface area (TPSA) is 89.8 Å². The molecule has 1 N–H and O–H groups in total. The molecule has 0 aromatic carbocycles. The SMILES string of the molecule is N#Cc1c(N2CCC3(CC2)CC3)c2cc(C=O)ncc2[nH]c1=O. The van der Waals surface area contributed by atoms with E-state index in [0.717, 1.165) is 25.9 Å². The summed E-state index contributed by atoms with van der Waals surface area (Å²) in [6.07, 6.45) is 6.94. The monoisotopic (exact) mass is 308 g/mol. The van der Waals surface area contributed by atoms with Crippen LogP contribution in [0.25, 0.3) is 10.9 Å². The number of nitriles is 1. The number of rotatable bonds is 2. The van der Waals surface area contributed by atoms with Gasteiger partial charge in [-0.3, -0.25) is 14.6 Å². The molecule has 0 amide bonds. The molecule has 1 spiro atoms. The maximum absolute atomic E-state index is 12.2. The van der Waals surface area contributed by atoms with E-state index in [4.69, 9.17) is 0 Å². The first-order chi connectivity index (χ1) is 11.2. The lowest BCUT2D eigenvalue weighted by Gasteiger charge is -2.34. The number of anilines is 1. The van der Waals surface area contributed by atoms with Crippen LogP contribution in [0.2, 0.25) is 0 Å². The number of hydrogen-bond acceptors (Lipinski definition) is 5. The minimum Gasteiger partial charge on any atom is -0.370 e. The first-order valence-corrected chi connectivity index (χ1v) is 7.82. The number of piperidine rings is 1. The van der Waals surface area contributed by atoms with E-state index in [1.54, 1.807) is 6.07 Å². The smallest absolute Gasteiger partial charge is 0.268 e. The van der Waals surface area contributed by atoms with Gasteiger partial charge in [0.25, 0.3) is 5.56 Å². The molecule has 4 rings (SSSR count). The number of fused-ring (bicyclic) bond motifs is 1. The summed E-state index contributed by atoms with van der Waals surface area (Å²) in [7, 11) is 0. The fraction of sp³-hybridized carbons (Fsp3) is 0.412. The summed E-state index contributed by atoms with van der Waals surface area (Å²) in [6, 6.07) is 3.68. The zero-order chi connectivity index (χ0) is 16.0. The number of nitrogens with zero attached hydrogens (tertiary/aromatic N) is 3. The number of carbonyl (C=O) groups excluding carboxylic acids is 1. The summed E-state index contributed by atoms with van der Waals surface area (Å²) in [5, 5.41) is 10.2. The lowest BCUT2D eigenvalue weighted by molar-refractivity contribution is 0.111. The van der Waals surface area contributed by atoms with Gasteiger partial charge in [-0.25, -0.2) is 0 Å². The fourth-order valence-electron chi connectivity index (χ4n) is 3.57. The van der Waals surface area contributed by atoms with Gasteiger partial charge >= 0.3 is 0 Å². The molecule has 116 valence electrons. The molecule has 1 aliphatic heterocycles. The van der Waals surface area contributed by atoms with Gasteiger partial charge in [0.2, 0.25) is 0 Å². The molecule has 0 bridgehead atoms. The summed E-state index contributed by atoms with van der Waals surface area (Å²) >= 11 is 0. The molecular formula is C17H16N4O2. The van der Waals surface area contributed by atoms with Crippen molar-refractivity contribution in [3.05, 3.63) is 33.9 Å². The number of aldehydes is 1. The van der Waals surface area contributed by atoms with E-state index < -0.39 is 5.56 Å². The Bertz CT molecular complexity index is 895. The van der Waals surface area contributed by atoms with Crippen LogP contribution in [0, 0.1) is 16.7 Å². The number of carbonyl (C=O) groups is 1. The summed E-state index contributed by atoms with van der Waals surface area (Å²) < 4.78 is 0. The van der Waals surface area contributed by atoms with Crippen LogP contribution in [-0.2, 0) is 0 Å². The lowest BCUT2D eigenvalue weighted by Crippen LogP contribution is -2.36. The van der Waals surface area contributed by atoms with Crippen molar-refractivity contribution in [2.45, 2.75) is 25.7 Å². The molecule has 2 fully saturated rings. The van der Waals surface area contributed by atoms with Crippen molar-refractivity contribution < 1.29 is 4.79 Å². The molecule has 6 heteroatoms. The van der Waals surface area contributed by atoms with E-state index in [-0.39, 0.29) is 5.56 Å². The third kappa shape index (κ3) is 2.20. The molecule has 1 saturated heterocycles. The second kappa shape index (κ2) is 4.92. The van der Waals surface area contributed by atoms with Gasteiger partial charge in [0.15, 0.2) is 6.29 Å². The van der Waals surface area contributed by atoms with Gasteiger partial charge in [-0.05, 0) is 37.2 Å². The quantitative estimate of drug-likeness (QED) is 0.857. The predicted molar refractivity (Wildman–Crippen MR) is 85.6 cm³/mol. The maximum atomic E-state index is 12.2. The van der Waals surface area contributed by atoms with Gasteiger partial charge in [-0.2, -0.15) is 5.26 Å². The first kappa shape index (κ1) is 13.9. The van der Waals surface area contributed by atoms with Crippen molar-refractivity contribution in [1.82, 2.24) is 9.97 Å². The minimum atomic E-state index is -0.401. The van der Waals surface area contributed by atoms with E-state index in [9.17, 15) is 14.9 Å². The average Bonchev–Trinajstić information content (AvgIpc) is 3.33. The van der Waals surface area contributed by atoms with E-state index in [0.29, 0.717) is 34.0 Å². The molecule has 2 aromatic heterocycles. The van der Waals surface area contributed by atoms with Crippen LogP contribution in [0.5, 0.6) is 0 Å². The van der Waals surface area contributed by atoms with Crippen molar-refractivity contribution in [2.75, 3.05) is 18.0 Å². The van der Waals surface area contributed by atoms with Gasteiger partial charge < -0.3 is 9.88 Å². The van der Waals surface area contributed by atoms with E-state index in [1.165, 1.54) is 19.0 Å². The summed E-state index contributed by atoms with van der Waals surface area (Å²) in [5.74, 6) is 0. The largest absolute Gasteiger partial charge is 0.370 e. The second-order valence-electron chi connectivity index (χ2n) is 6.55. The molecule has 2 aromatic rings. The molecule has 3 heterocycles. The van der Waals surface area contributed by atoms with Crippen LogP contribution in [0.1, 0.15) is 41.7 Å². The molecule has 1 aliphatic carbocycles. The third-order valence-corrected chi connectivity index (χ3v) is 5.22. The third-order valence-electron chi connectivity index (χ3n) is 5.22. The molecule has 23 heavy (non-hydrogen) atoms. The van der Waals surface area contributed by atoms with Gasteiger partial charge in [-0.1, -0.05) is 0 Å². The number of pyridine rings is 2. The average molecular weight is 308 g/mol. The number of hydrogen-bond donors (Lipinski definition) is 1. The minimum absolute atomic E-state index is 0.118. The Morgan fingerprint density at radius 3 is 2.65 bits per heavy atom. The van der Waals surface area contributed by atoms with Gasteiger partial charge in [-0.15, -0.1) is 0 Å². The van der Waals surface area contributed by atoms with Crippen LogP contribution in [0.15, 0.2) is 17.1 Å². The molecule has 1 saturated carbocycles. The Hall–Kier alpha value is -2.68. The number of H-pyrrole nitrogens is 1. The van der Waals surface area contributed by atoms with Crippen LogP contribution in [0.3, 0.4) is 0 Å². The highest BCUT2D eigenvalue weighted by molar-refractivity contribution is 5.96. The van der Waals surface area contributed by atoms with E-state index in [1.807, 2.05) is 6.07 Å². The molecule has 2 aliphatic rings. The van der Waals surface area contributed by atoms with Gasteiger partial charge in [0.05, 0.1) is 17.4 Å². The molecule has 6 nitrogen and oxygen atoms in total. The Balaban J connectivity index is 1.89. The first-order valence-electron chi connectivity index (χ1n) is 7.82.